The molecule has 1 aromatic heterocycles. The van der Waals surface area contributed by atoms with Gasteiger partial charge in [-0.25, -0.2) is 9.59 Å². The zero-order valence-corrected chi connectivity index (χ0v) is 32.7. The van der Waals surface area contributed by atoms with E-state index in [1.807, 2.05) is 75.5 Å². The van der Waals surface area contributed by atoms with Crippen LogP contribution in [0.4, 0.5) is 10.5 Å². The van der Waals surface area contributed by atoms with Crippen molar-refractivity contribution in [3.05, 3.63) is 94.1 Å². The molecule has 2 aliphatic rings. The van der Waals surface area contributed by atoms with Crippen LogP contribution < -0.4 is 15.0 Å². The van der Waals surface area contributed by atoms with Crippen LogP contribution in [0.5, 0.6) is 11.5 Å². The summed E-state index contributed by atoms with van der Waals surface area (Å²) in [7, 11) is 0. The molecule has 0 saturated carbocycles. The van der Waals surface area contributed by atoms with E-state index in [2.05, 4.69) is 46.1 Å². The predicted octanol–water partition coefficient (Wildman–Crippen LogP) is 9.64. The van der Waals surface area contributed by atoms with Crippen molar-refractivity contribution >= 4 is 45.8 Å². The van der Waals surface area contributed by atoms with Crippen LogP contribution >= 0.6 is 11.6 Å². The summed E-state index contributed by atoms with van der Waals surface area (Å²) >= 11 is 6.24. The van der Waals surface area contributed by atoms with Crippen molar-refractivity contribution in [2.45, 2.75) is 72.8 Å². The summed E-state index contributed by atoms with van der Waals surface area (Å²) in [6.07, 6.45) is 5.49. The van der Waals surface area contributed by atoms with Crippen LogP contribution in [-0.2, 0) is 15.9 Å². The number of halogens is 1. The van der Waals surface area contributed by atoms with Crippen LogP contribution in [0.15, 0.2) is 72.4 Å². The first-order valence-electron chi connectivity index (χ1n) is 18.8. The third-order valence-corrected chi connectivity index (χ3v) is 10.3. The second-order valence-electron chi connectivity index (χ2n) is 15.9. The fraction of sp³-hybridized carbons (Fsp3) is 0.442. The summed E-state index contributed by atoms with van der Waals surface area (Å²) in [6, 6.07) is 19.9. The molecule has 53 heavy (non-hydrogen) atoms. The van der Waals surface area contributed by atoms with Gasteiger partial charge in [0.15, 0.2) is 0 Å². The van der Waals surface area contributed by atoms with Gasteiger partial charge in [0.25, 0.3) is 0 Å². The van der Waals surface area contributed by atoms with E-state index in [1.54, 1.807) is 6.92 Å². The second kappa shape index (κ2) is 16.3. The highest BCUT2D eigenvalue weighted by Crippen LogP contribution is 2.43. The number of aromatic nitrogens is 1. The van der Waals surface area contributed by atoms with Gasteiger partial charge < -0.3 is 29.4 Å². The number of ether oxygens (including phenoxy) is 3. The number of hydrogen-bond acceptors (Lipinski definition) is 7. The first-order chi connectivity index (χ1) is 25.3. The Morgan fingerprint density at radius 3 is 2.45 bits per heavy atom. The van der Waals surface area contributed by atoms with Crippen molar-refractivity contribution in [3.63, 3.8) is 0 Å². The SMILES string of the molecule is CCOC(=O)c1ccc(N2CCN(CC3=C(c4ccc(Cl)cc4)CC(C)(C)CC3)CC2)cc1Oc1ccc2[nH]cc(CCNC(=O)OC(C)(C)C)c2c1. The summed E-state index contributed by atoms with van der Waals surface area (Å²) in [6.45, 7) is 17.3. The predicted molar refractivity (Wildman–Crippen MR) is 213 cm³/mol. The number of carbonyl (C=O) groups is 2. The summed E-state index contributed by atoms with van der Waals surface area (Å²) < 4.78 is 17.3. The summed E-state index contributed by atoms with van der Waals surface area (Å²) in [4.78, 5) is 33.5. The number of aromatic amines is 1. The zero-order valence-electron chi connectivity index (χ0n) is 31.9. The quantitative estimate of drug-likeness (QED) is 0.148. The molecule has 2 heterocycles. The number of rotatable bonds is 11. The maximum Gasteiger partial charge on any atom is 0.407 e. The molecule has 1 saturated heterocycles. The molecule has 0 atom stereocenters. The molecule has 3 aromatic carbocycles. The first-order valence-corrected chi connectivity index (χ1v) is 19.1. The number of anilines is 1. The number of carbonyl (C=O) groups excluding carboxylic acids is 2. The van der Waals surface area contributed by atoms with E-state index >= 15 is 0 Å². The lowest BCUT2D eigenvalue weighted by molar-refractivity contribution is 0.0515. The number of amides is 1. The summed E-state index contributed by atoms with van der Waals surface area (Å²) in [5.41, 5.74) is 7.39. The Morgan fingerprint density at radius 1 is 0.981 bits per heavy atom. The standard InChI is InChI=1S/C43H53ClN4O5/c1-7-51-40(49)35-14-12-33(24-39(35)52-34-13-15-38-36(25-34)30(27-46-38)17-19-45-41(50)53-42(2,3)4)48-22-20-47(21-23-48)28-31-16-18-43(5,6)26-37(31)29-8-10-32(44)11-9-29/h8-15,24-25,27,46H,7,16-23,26,28H2,1-6H3,(H,45,50). The lowest BCUT2D eigenvalue weighted by Gasteiger charge is -2.39. The highest BCUT2D eigenvalue weighted by molar-refractivity contribution is 6.30. The molecular formula is C43H53ClN4O5. The van der Waals surface area contributed by atoms with E-state index in [9.17, 15) is 9.59 Å². The Labute approximate surface area is 318 Å². The van der Waals surface area contributed by atoms with E-state index < -0.39 is 17.7 Å². The molecule has 282 valence electrons. The lowest BCUT2D eigenvalue weighted by atomic mass is 9.72. The van der Waals surface area contributed by atoms with Crippen molar-refractivity contribution in [3.8, 4) is 11.5 Å². The Balaban J connectivity index is 1.15. The topological polar surface area (TPSA) is 96.1 Å². The van der Waals surface area contributed by atoms with Crippen LogP contribution in [0.25, 0.3) is 16.5 Å². The lowest BCUT2D eigenvalue weighted by Crippen LogP contribution is -2.47. The monoisotopic (exact) mass is 740 g/mol. The number of esters is 1. The van der Waals surface area contributed by atoms with Gasteiger partial charge in [-0.2, -0.15) is 0 Å². The number of allylic oxidation sites excluding steroid dienone is 1. The van der Waals surface area contributed by atoms with Crippen LogP contribution in [0.1, 0.15) is 82.3 Å². The third-order valence-electron chi connectivity index (χ3n) is 10.0. The van der Waals surface area contributed by atoms with Gasteiger partial charge in [-0.3, -0.25) is 4.90 Å². The van der Waals surface area contributed by atoms with Crippen molar-refractivity contribution in [2.75, 3.05) is 50.8 Å². The van der Waals surface area contributed by atoms with Crippen molar-refractivity contribution in [1.29, 1.82) is 0 Å². The number of H-pyrrole nitrogens is 1. The molecule has 0 bridgehead atoms. The minimum atomic E-state index is -0.557. The van der Waals surface area contributed by atoms with E-state index in [-0.39, 0.29) is 12.0 Å². The number of benzene rings is 3. The van der Waals surface area contributed by atoms with Crippen molar-refractivity contribution < 1.29 is 23.8 Å². The van der Waals surface area contributed by atoms with E-state index in [0.29, 0.717) is 30.0 Å². The molecular weight excluding hydrogens is 688 g/mol. The average molecular weight is 741 g/mol. The normalized spacial score (nSPS) is 16.5. The molecule has 1 amide bonds. The number of fused-ring (bicyclic) bond motifs is 1. The van der Waals surface area contributed by atoms with Gasteiger partial charge in [-0.1, -0.05) is 43.2 Å². The Kier molecular flexibility index (Phi) is 11.7. The molecule has 0 unspecified atom stereocenters. The van der Waals surface area contributed by atoms with Gasteiger partial charge >= 0.3 is 12.1 Å². The molecule has 4 aromatic rings. The Hall–Kier alpha value is -4.47. The summed E-state index contributed by atoms with van der Waals surface area (Å²) in [5, 5.41) is 4.58. The van der Waals surface area contributed by atoms with Gasteiger partial charge in [0.1, 0.15) is 22.7 Å². The molecule has 10 heteroatoms. The number of piperazine rings is 1. The highest BCUT2D eigenvalue weighted by atomic mass is 35.5. The minimum Gasteiger partial charge on any atom is -0.462 e. The molecule has 2 N–H and O–H groups in total. The largest absolute Gasteiger partial charge is 0.462 e. The fourth-order valence-electron chi connectivity index (χ4n) is 7.24. The van der Waals surface area contributed by atoms with Crippen molar-refractivity contribution in [2.24, 2.45) is 5.41 Å². The van der Waals surface area contributed by atoms with Crippen molar-refractivity contribution in [1.82, 2.24) is 15.2 Å². The maximum absolute atomic E-state index is 13.1. The average Bonchev–Trinajstić information content (AvgIpc) is 3.51. The number of hydrogen-bond donors (Lipinski definition) is 2. The smallest absolute Gasteiger partial charge is 0.407 e. The Bertz CT molecular complexity index is 1950. The van der Waals surface area contributed by atoms with E-state index in [4.69, 9.17) is 25.8 Å². The van der Waals surface area contributed by atoms with Gasteiger partial charge in [0.2, 0.25) is 0 Å². The molecule has 6 rings (SSSR count). The van der Waals surface area contributed by atoms with Gasteiger partial charge in [0, 0.05) is 73.1 Å². The Morgan fingerprint density at radius 2 is 1.74 bits per heavy atom. The fourth-order valence-corrected chi connectivity index (χ4v) is 7.36. The van der Waals surface area contributed by atoms with Crippen LogP contribution in [0.3, 0.4) is 0 Å². The molecule has 9 nitrogen and oxygen atoms in total. The van der Waals surface area contributed by atoms with E-state index in [0.717, 1.165) is 72.7 Å². The second-order valence-corrected chi connectivity index (χ2v) is 16.3. The number of nitrogens with zero attached hydrogens (tertiary/aromatic N) is 2. The van der Waals surface area contributed by atoms with E-state index in [1.165, 1.54) is 23.1 Å². The third kappa shape index (κ3) is 9.95. The molecule has 1 fully saturated rings. The first kappa shape index (κ1) is 38.3. The molecule has 1 aliphatic carbocycles. The summed E-state index contributed by atoms with van der Waals surface area (Å²) in [5.74, 6) is 0.635. The zero-order chi connectivity index (χ0) is 37.8. The number of alkyl carbamates (subject to hydrolysis) is 1. The van der Waals surface area contributed by atoms with Crippen LogP contribution in [0.2, 0.25) is 5.02 Å². The molecule has 0 spiro atoms. The molecule has 0 radical (unpaired) electrons. The van der Waals surface area contributed by atoms with Gasteiger partial charge in [0.05, 0.1) is 6.61 Å². The molecule has 1 aliphatic heterocycles. The van der Waals surface area contributed by atoms with Gasteiger partial charge in [-0.05, 0) is 118 Å². The van der Waals surface area contributed by atoms with Gasteiger partial charge in [-0.15, -0.1) is 0 Å². The number of nitrogens with one attached hydrogen (secondary N) is 2. The maximum atomic E-state index is 13.1. The highest BCUT2D eigenvalue weighted by Gasteiger charge is 2.30. The minimum absolute atomic E-state index is 0.269. The van der Waals surface area contributed by atoms with Crippen LogP contribution in [0, 0.1) is 5.41 Å². The van der Waals surface area contributed by atoms with Crippen LogP contribution in [-0.4, -0.2) is 73.4 Å².